The lowest BCUT2D eigenvalue weighted by Crippen LogP contribution is -2.42. The molecule has 3 N–H and O–H groups in total. The van der Waals surface area contributed by atoms with Crippen LogP contribution in [-0.4, -0.2) is 30.7 Å². The van der Waals surface area contributed by atoms with E-state index >= 15 is 0 Å². The van der Waals surface area contributed by atoms with Crippen LogP contribution in [0, 0.1) is 0 Å². The van der Waals surface area contributed by atoms with Crippen LogP contribution in [-0.2, 0) is 4.79 Å². The van der Waals surface area contributed by atoms with Crippen LogP contribution in [0.25, 0.3) is 0 Å². The summed E-state index contributed by atoms with van der Waals surface area (Å²) in [6, 6.07) is 0. The molecule has 7 nitrogen and oxygen atoms in total. The first-order valence-electron chi connectivity index (χ1n) is 3.70. The maximum atomic E-state index is 11.3. The van der Waals surface area contributed by atoms with Gasteiger partial charge < -0.3 is 10.7 Å². The van der Waals surface area contributed by atoms with Crippen molar-refractivity contribution in [1.29, 1.82) is 0 Å². The molecule has 8 heteroatoms. The van der Waals surface area contributed by atoms with Gasteiger partial charge in [-0.1, -0.05) is 6.58 Å². The molecule has 0 unspecified atom stereocenters. The second-order valence-corrected chi connectivity index (χ2v) is 3.35. The monoisotopic (exact) mass is 206 g/mol. The zero-order chi connectivity index (χ0) is 10.1. The zero-order valence-corrected chi connectivity index (χ0v) is 8.06. The molecule has 0 aromatic carbocycles. The van der Waals surface area contributed by atoms with Crippen LogP contribution >= 0.6 is 0 Å². The summed E-state index contributed by atoms with van der Waals surface area (Å²) < 4.78 is 1.35. The van der Waals surface area contributed by atoms with Gasteiger partial charge in [0.05, 0.1) is 0 Å². The topological polar surface area (TPSA) is 97.0 Å². The highest BCUT2D eigenvalue weighted by Gasteiger charge is 2.23. The lowest BCUT2D eigenvalue weighted by Gasteiger charge is -2.22. The average molecular weight is 206 g/mol. The van der Waals surface area contributed by atoms with Gasteiger partial charge in [-0.25, -0.2) is 0 Å². The molecular weight excluding hydrogens is 200 g/mol. The summed E-state index contributed by atoms with van der Waals surface area (Å²) in [4.78, 5) is 25.7. The van der Waals surface area contributed by atoms with Gasteiger partial charge in [-0.15, -0.1) is 0 Å². The quantitative estimate of drug-likeness (QED) is 0.448. The first kappa shape index (κ1) is 8.63. The molecule has 2 heterocycles. The van der Waals surface area contributed by atoms with Crippen molar-refractivity contribution < 1.29 is 4.79 Å². The molecule has 0 saturated heterocycles. The van der Waals surface area contributed by atoms with Crippen molar-refractivity contribution in [2.75, 3.05) is 15.3 Å². The van der Waals surface area contributed by atoms with E-state index in [1.54, 1.807) is 0 Å². The average Bonchev–Trinajstić information content (AvgIpc) is 2.16. The number of carbonyl (C=O) groups is 1. The molecule has 1 amide bonds. The highest BCUT2D eigenvalue weighted by Crippen LogP contribution is 2.15. The SMILES string of the molecule is C=CC(=O)N1[Si]Nc2nc(N)nc1n2. The standard InChI is InChI=1S/C6H6N6OSi/c1-2-3(13)12-6-9-4(7)8-5(10-6)11-14-12/h2H,1H2,(H3,7,8,9,10,11). The summed E-state index contributed by atoms with van der Waals surface area (Å²) in [6.45, 7) is 3.38. The number of nitrogen functional groups attached to an aromatic ring is 1. The van der Waals surface area contributed by atoms with Gasteiger partial charge in [-0.2, -0.15) is 15.0 Å². The fraction of sp³-hybridized carbons (Fsp3) is 0. The van der Waals surface area contributed by atoms with E-state index in [0.29, 0.717) is 5.95 Å². The molecule has 1 aromatic heterocycles. The third-order valence-electron chi connectivity index (χ3n) is 1.52. The summed E-state index contributed by atoms with van der Waals surface area (Å²) in [6.07, 6.45) is 1.19. The van der Waals surface area contributed by atoms with E-state index < -0.39 is 0 Å². The van der Waals surface area contributed by atoms with Crippen LogP contribution in [0.2, 0.25) is 0 Å². The highest BCUT2D eigenvalue weighted by atomic mass is 28.2. The van der Waals surface area contributed by atoms with Crippen molar-refractivity contribution in [2.45, 2.75) is 0 Å². The Kier molecular flexibility index (Phi) is 1.89. The minimum Gasteiger partial charge on any atom is -0.368 e. The van der Waals surface area contributed by atoms with E-state index in [0.717, 1.165) is 0 Å². The molecule has 1 aliphatic heterocycles. The van der Waals surface area contributed by atoms with Gasteiger partial charge in [0.1, 0.15) is 0 Å². The van der Waals surface area contributed by atoms with E-state index in [4.69, 9.17) is 5.73 Å². The molecule has 14 heavy (non-hydrogen) atoms. The number of hydrogen-bond donors (Lipinski definition) is 2. The van der Waals surface area contributed by atoms with Crippen molar-refractivity contribution in [2.24, 2.45) is 0 Å². The molecule has 2 radical (unpaired) electrons. The number of anilines is 3. The Labute approximate surface area is 82.0 Å². The second-order valence-electron chi connectivity index (χ2n) is 2.43. The fourth-order valence-corrected chi connectivity index (χ4v) is 1.66. The molecule has 0 fully saturated rings. The lowest BCUT2D eigenvalue weighted by atomic mass is 10.6. The number of hydrogen-bond acceptors (Lipinski definition) is 6. The van der Waals surface area contributed by atoms with E-state index in [9.17, 15) is 4.79 Å². The number of amides is 1. The van der Waals surface area contributed by atoms with Crippen LogP contribution in [0.4, 0.5) is 17.8 Å². The lowest BCUT2D eigenvalue weighted by molar-refractivity contribution is -0.113. The molecule has 0 atom stereocenters. The Morgan fingerprint density at radius 3 is 3.07 bits per heavy atom. The molecule has 0 spiro atoms. The first-order chi connectivity index (χ1) is 6.70. The molecule has 70 valence electrons. The van der Waals surface area contributed by atoms with E-state index in [-0.39, 0.29) is 27.6 Å². The maximum Gasteiger partial charge on any atom is 0.342 e. The summed E-state index contributed by atoms with van der Waals surface area (Å²) in [7, 11) is 0.0267. The summed E-state index contributed by atoms with van der Waals surface area (Å²) in [5, 5.41) is 0. The Morgan fingerprint density at radius 2 is 2.36 bits per heavy atom. The number of nitrogens with zero attached hydrogens (tertiary/aromatic N) is 4. The van der Waals surface area contributed by atoms with Gasteiger partial charge in [-0.05, 0) is 6.08 Å². The summed E-state index contributed by atoms with van der Waals surface area (Å²) in [5.41, 5.74) is 5.41. The van der Waals surface area contributed by atoms with Gasteiger partial charge in [0.25, 0.3) is 0 Å². The largest absolute Gasteiger partial charge is 0.368 e. The smallest absolute Gasteiger partial charge is 0.342 e. The van der Waals surface area contributed by atoms with Gasteiger partial charge >= 0.3 is 9.84 Å². The molecule has 2 rings (SSSR count). The molecule has 0 saturated carbocycles. The molecule has 2 bridgehead atoms. The van der Waals surface area contributed by atoms with Gasteiger partial charge in [-0.3, -0.25) is 9.36 Å². The highest BCUT2D eigenvalue weighted by molar-refractivity contribution is 6.53. The summed E-state index contributed by atoms with van der Waals surface area (Å²) in [5.74, 6) is 0.462. The maximum absolute atomic E-state index is 11.3. The second kappa shape index (κ2) is 3.07. The molecule has 0 aliphatic carbocycles. The van der Waals surface area contributed by atoms with E-state index in [1.807, 2.05) is 0 Å². The fourth-order valence-electron chi connectivity index (χ4n) is 0.937. The first-order valence-corrected chi connectivity index (χ1v) is 4.65. The Balaban J connectivity index is 2.42. The van der Waals surface area contributed by atoms with Crippen molar-refractivity contribution in [3.63, 3.8) is 0 Å². The van der Waals surface area contributed by atoms with Gasteiger partial charge in [0.15, 0.2) is 0 Å². The van der Waals surface area contributed by atoms with Crippen molar-refractivity contribution in [3.8, 4) is 0 Å². The summed E-state index contributed by atoms with van der Waals surface area (Å²) >= 11 is 0. The van der Waals surface area contributed by atoms with Crippen LogP contribution in [0.15, 0.2) is 12.7 Å². The van der Waals surface area contributed by atoms with Crippen LogP contribution in [0.1, 0.15) is 0 Å². The van der Waals surface area contributed by atoms with Gasteiger partial charge in [0, 0.05) is 0 Å². The van der Waals surface area contributed by atoms with Crippen molar-refractivity contribution >= 4 is 33.6 Å². The number of fused-ring (bicyclic) bond motifs is 2. The normalized spacial score (nSPS) is 13.3. The number of rotatable bonds is 1. The van der Waals surface area contributed by atoms with Crippen molar-refractivity contribution in [1.82, 2.24) is 15.0 Å². The van der Waals surface area contributed by atoms with Crippen molar-refractivity contribution in [3.05, 3.63) is 12.7 Å². The minimum absolute atomic E-state index is 0.0267. The number of nitrogens with two attached hydrogens (primary N) is 1. The molecular formula is C6H6N6OSi. The minimum atomic E-state index is -0.271. The Bertz CT molecular complexity index is 404. The Morgan fingerprint density at radius 1 is 1.57 bits per heavy atom. The zero-order valence-electron chi connectivity index (χ0n) is 7.06. The van der Waals surface area contributed by atoms with Gasteiger partial charge in [0.2, 0.25) is 23.8 Å². The van der Waals surface area contributed by atoms with E-state index in [2.05, 4.69) is 26.5 Å². The number of nitrogens with one attached hydrogen (secondary N) is 1. The third-order valence-corrected chi connectivity index (χ3v) is 2.49. The van der Waals surface area contributed by atoms with Crippen LogP contribution in [0.3, 0.4) is 0 Å². The predicted octanol–water partition coefficient (Wildman–Crippen LogP) is -1.07. The molecule has 1 aromatic rings. The third kappa shape index (κ3) is 1.31. The molecule has 1 aliphatic rings. The number of aromatic nitrogens is 3. The van der Waals surface area contributed by atoms with Crippen LogP contribution in [0.5, 0.6) is 0 Å². The predicted molar refractivity (Wildman–Crippen MR) is 51.3 cm³/mol. The number of carbonyl (C=O) groups excluding carboxylic acids is 1. The van der Waals surface area contributed by atoms with E-state index in [1.165, 1.54) is 10.6 Å². The Hall–Kier alpha value is -1.96. The van der Waals surface area contributed by atoms with Crippen LogP contribution < -0.4 is 15.3 Å².